The third-order valence-corrected chi connectivity index (χ3v) is 6.75. The molecule has 0 radical (unpaired) electrons. The lowest BCUT2D eigenvalue weighted by Gasteiger charge is -2.46. The maximum Gasteiger partial charge on any atom is 0.353 e. The number of fused-ring (bicyclic) bond motifs is 1. The molecule has 6 atom stereocenters. The number of nitrogens with two attached hydrogens (primary N) is 1. The van der Waals surface area contributed by atoms with Gasteiger partial charge in [-0.2, -0.15) is 0 Å². The van der Waals surface area contributed by atoms with Gasteiger partial charge in [-0.3, -0.25) is 9.59 Å². The van der Waals surface area contributed by atoms with Crippen LogP contribution in [0, 0.1) is 11.8 Å². The number of β-lactam (4-membered cyclic amide) rings is 1. The van der Waals surface area contributed by atoms with Gasteiger partial charge in [0, 0.05) is 35.1 Å². The van der Waals surface area contributed by atoms with E-state index < -0.39 is 18.0 Å². The molecule has 25 heavy (non-hydrogen) atoms. The quantitative estimate of drug-likeness (QED) is 0.463. The minimum atomic E-state index is -1.12. The highest BCUT2D eigenvalue weighted by Crippen LogP contribution is 2.51. The largest absolute Gasteiger partial charge is 0.477 e. The molecule has 0 saturated carbocycles. The highest BCUT2D eigenvalue weighted by Gasteiger charge is 2.60. The van der Waals surface area contributed by atoms with Crippen LogP contribution in [0.3, 0.4) is 0 Å². The van der Waals surface area contributed by atoms with Gasteiger partial charge in [-0.05, 0) is 13.3 Å². The predicted octanol–water partition coefficient (Wildman–Crippen LogP) is -0.521. The molecule has 0 unspecified atom stereocenters. The SMILES string of the molecule is C[C@@H](O)[C@H]1C(=O)N2C(C(=O)O)=C(S[C@@H]3CN[C@H](CC(N)=O)C3)[C@H](C)[C@H]12. The number of carbonyl (C=O) groups is 3. The number of nitrogens with zero attached hydrogens (tertiary/aromatic N) is 1. The lowest BCUT2D eigenvalue weighted by molar-refractivity contribution is -0.163. The molecule has 0 aromatic heterocycles. The van der Waals surface area contributed by atoms with Gasteiger partial charge in [-0.25, -0.2) is 4.79 Å². The zero-order valence-electron chi connectivity index (χ0n) is 14.1. The molecule has 3 aliphatic heterocycles. The van der Waals surface area contributed by atoms with E-state index in [1.54, 1.807) is 6.92 Å². The standard InChI is InChI=1S/C16H23N3O5S/c1-6-12-11(7(2)20)15(22)19(12)13(16(23)24)14(6)25-9-3-8(18-5-9)4-10(17)21/h6-9,11-12,18,20H,3-5H2,1-2H3,(H2,17,21)(H,23,24)/t6-,7-,8+,9+,11-,12-/m1/s1. The van der Waals surface area contributed by atoms with Gasteiger partial charge >= 0.3 is 5.97 Å². The van der Waals surface area contributed by atoms with Crippen molar-refractivity contribution < 1.29 is 24.6 Å². The van der Waals surface area contributed by atoms with E-state index in [1.165, 1.54) is 16.7 Å². The van der Waals surface area contributed by atoms with Crippen molar-refractivity contribution in [1.82, 2.24) is 10.2 Å². The van der Waals surface area contributed by atoms with Crippen molar-refractivity contribution in [3.63, 3.8) is 0 Å². The normalized spacial score (nSPS) is 35.6. The van der Waals surface area contributed by atoms with Crippen molar-refractivity contribution in [1.29, 1.82) is 0 Å². The van der Waals surface area contributed by atoms with E-state index in [0.717, 1.165) is 6.42 Å². The molecule has 3 rings (SSSR count). The van der Waals surface area contributed by atoms with Gasteiger partial charge in [0.25, 0.3) is 0 Å². The number of hydrogen-bond acceptors (Lipinski definition) is 6. The molecule has 8 nitrogen and oxygen atoms in total. The highest BCUT2D eigenvalue weighted by molar-refractivity contribution is 8.03. The van der Waals surface area contributed by atoms with Crippen molar-refractivity contribution in [3.05, 3.63) is 10.6 Å². The number of amides is 2. The summed E-state index contributed by atoms with van der Waals surface area (Å²) in [6, 6.07) is -0.290. The minimum Gasteiger partial charge on any atom is -0.477 e. The summed E-state index contributed by atoms with van der Waals surface area (Å²) in [7, 11) is 0. The van der Waals surface area contributed by atoms with E-state index in [2.05, 4.69) is 5.32 Å². The lowest BCUT2D eigenvalue weighted by atomic mass is 9.79. The molecular weight excluding hydrogens is 346 g/mol. The predicted molar refractivity (Wildman–Crippen MR) is 91.2 cm³/mol. The number of carboxylic acids is 1. The average molecular weight is 369 g/mol. The monoisotopic (exact) mass is 369 g/mol. The topological polar surface area (TPSA) is 133 Å². The number of aliphatic hydroxyl groups excluding tert-OH is 1. The minimum absolute atomic E-state index is 0.00413. The Balaban J connectivity index is 1.77. The maximum absolute atomic E-state index is 12.3. The molecule has 138 valence electrons. The fourth-order valence-electron chi connectivity index (χ4n) is 4.13. The second kappa shape index (κ2) is 6.62. The third-order valence-electron chi connectivity index (χ3n) is 5.23. The Bertz CT molecular complexity index is 650. The van der Waals surface area contributed by atoms with Gasteiger partial charge in [0.05, 0.1) is 18.1 Å². The zero-order chi connectivity index (χ0) is 18.5. The van der Waals surface area contributed by atoms with E-state index in [1.807, 2.05) is 6.92 Å². The smallest absolute Gasteiger partial charge is 0.353 e. The Morgan fingerprint density at radius 2 is 2.16 bits per heavy atom. The summed E-state index contributed by atoms with van der Waals surface area (Å²) >= 11 is 1.46. The number of primary amides is 1. The van der Waals surface area contributed by atoms with Crippen LogP contribution in [-0.2, 0) is 14.4 Å². The summed E-state index contributed by atoms with van der Waals surface area (Å²) in [6.45, 7) is 4.12. The molecule has 0 aromatic rings. The molecule has 3 heterocycles. The number of aliphatic hydroxyl groups is 1. The zero-order valence-corrected chi connectivity index (χ0v) is 15.0. The van der Waals surface area contributed by atoms with E-state index in [4.69, 9.17) is 5.73 Å². The van der Waals surface area contributed by atoms with Gasteiger partial charge < -0.3 is 26.2 Å². The number of thioether (sulfide) groups is 1. The van der Waals surface area contributed by atoms with Crippen molar-refractivity contribution in [2.45, 2.75) is 50.1 Å². The Hall–Kier alpha value is -1.58. The Kier molecular flexibility index (Phi) is 4.82. The van der Waals surface area contributed by atoms with E-state index in [0.29, 0.717) is 11.4 Å². The van der Waals surface area contributed by atoms with Crippen LogP contribution < -0.4 is 11.1 Å². The molecular formula is C16H23N3O5S. The summed E-state index contributed by atoms with van der Waals surface area (Å²) in [5, 5.41) is 22.8. The molecule has 2 saturated heterocycles. The molecule has 0 aromatic carbocycles. The Morgan fingerprint density at radius 3 is 2.72 bits per heavy atom. The van der Waals surface area contributed by atoms with Gasteiger partial charge in [0.2, 0.25) is 11.8 Å². The summed E-state index contributed by atoms with van der Waals surface area (Å²) in [5.74, 6) is -2.49. The molecule has 0 spiro atoms. The van der Waals surface area contributed by atoms with Gasteiger partial charge in [-0.15, -0.1) is 11.8 Å². The van der Waals surface area contributed by atoms with Crippen LogP contribution in [0.4, 0.5) is 0 Å². The first-order valence-corrected chi connectivity index (χ1v) is 9.27. The molecule has 5 N–H and O–H groups in total. The Labute approximate surface area is 149 Å². The van der Waals surface area contributed by atoms with Crippen LogP contribution in [0.15, 0.2) is 10.6 Å². The van der Waals surface area contributed by atoms with Crippen LogP contribution >= 0.6 is 11.8 Å². The van der Waals surface area contributed by atoms with Crippen LogP contribution in [0.25, 0.3) is 0 Å². The summed E-state index contributed by atoms with van der Waals surface area (Å²) in [6.07, 6.45) is 0.174. The molecule has 0 aliphatic carbocycles. The lowest BCUT2D eigenvalue weighted by Crippen LogP contribution is -2.63. The first-order chi connectivity index (χ1) is 11.7. The number of hydrogen-bond donors (Lipinski definition) is 4. The number of carboxylic acid groups (broad SMARTS) is 1. The van der Waals surface area contributed by atoms with Crippen LogP contribution in [0.1, 0.15) is 26.7 Å². The summed E-state index contributed by atoms with van der Waals surface area (Å²) < 4.78 is 0. The fourth-order valence-corrected chi connectivity index (χ4v) is 5.65. The summed E-state index contributed by atoms with van der Waals surface area (Å²) in [5.41, 5.74) is 5.27. The molecule has 3 aliphatic rings. The molecule has 9 heteroatoms. The van der Waals surface area contributed by atoms with Crippen molar-refractivity contribution in [2.75, 3.05) is 6.54 Å². The highest BCUT2D eigenvalue weighted by atomic mass is 32.2. The second-order valence-electron chi connectivity index (χ2n) is 7.02. The maximum atomic E-state index is 12.3. The molecule has 2 amide bonds. The van der Waals surface area contributed by atoms with Gasteiger partial charge in [-0.1, -0.05) is 6.92 Å². The fraction of sp³-hybridized carbons (Fsp3) is 0.688. The number of nitrogens with one attached hydrogen (secondary N) is 1. The first-order valence-electron chi connectivity index (χ1n) is 8.39. The number of rotatable bonds is 6. The third kappa shape index (κ3) is 3.04. The average Bonchev–Trinajstić information content (AvgIpc) is 3.01. The first kappa shape index (κ1) is 18.2. The summed E-state index contributed by atoms with van der Waals surface area (Å²) in [4.78, 5) is 37.1. The van der Waals surface area contributed by atoms with E-state index in [9.17, 15) is 24.6 Å². The van der Waals surface area contributed by atoms with Crippen molar-refractivity contribution in [3.8, 4) is 0 Å². The van der Waals surface area contributed by atoms with Gasteiger partial charge in [0.15, 0.2) is 0 Å². The molecule has 2 fully saturated rings. The van der Waals surface area contributed by atoms with Crippen LogP contribution in [-0.4, -0.2) is 62.9 Å². The second-order valence-corrected chi connectivity index (χ2v) is 8.37. The van der Waals surface area contributed by atoms with Crippen LogP contribution in [0.5, 0.6) is 0 Å². The van der Waals surface area contributed by atoms with E-state index in [-0.39, 0.29) is 47.2 Å². The van der Waals surface area contributed by atoms with Crippen molar-refractivity contribution >= 4 is 29.5 Å². The Morgan fingerprint density at radius 1 is 1.48 bits per heavy atom. The van der Waals surface area contributed by atoms with Crippen molar-refractivity contribution in [2.24, 2.45) is 17.6 Å². The van der Waals surface area contributed by atoms with E-state index >= 15 is 0 Å². The van der Waals surface area contributed by atoms with Gasteiger partial charge in [0.1, 0.15) is 5.70 Å². The molecule has 0 bridgehead atoms. The number of carbonyl (C=O) groups excluding carboxylic acids is 2. The van der Waals surface area contributed by atoms with Crippen LogP contribution in [0.2, 0.25) is 0 Å². The number of aliphatic carboxylic acids is 1.